The fourth-order valence-corrected chi connectivity index (χ4v) is 5.79. The van der Waals surface area contributed by atoms with Gasteiger partial charge in [-0.1, -0.05) is 60.2 Å². The molecule has 0 amide bonds. The molecular formula is C17H20Br2S. The van der Waals surface area contributed by atoms with Crippen molar-refractivity contribution in [2.75, 3.05) is 0 Å². The molecule has 1 aromatic heterocycles. The van der Waals surface area contributed by atoms with E-state index in [0.29, 0.717) is 4.83 Å². The maximum Gasteiger partial charge on any atom is 0.0488 e. The van der Waals surface area contributed by atoms with E-state index < -0.39 is 0 Å². The molecule has 108 valence electrons. The molecule has 0 aliphatic heterocycles. The number of thiophene rings is 1. The lowest BCUT2D eigenvalue weighted by atomic mass is 9.85. The van der Waals surface area contributed by atoms with Crippen LogP contribution in [0.3, 0.4) is 0 Å². The first-order valence-electron chi connectivity index (χ1n) is 7.55. The van der Waals surface area contributed by atoms with Crippen molar-refractivity contribution < 1.29 is 0 Å². The summed E-state index contributed by atoms with van der Waals surface area (Å²) in [6, 6.07) is 6.53. The van der Waals surface area contributed by atoms with E-state index in [1.165, 1.54) is 65.1 Å². The summed E-state index contributed by atoms with van der Waals surface area (Å²) in [7, 11) is 0. The van der Waals surface area contributed by atoms with Crippen molar-refractivity contribution in [3.63, 3.8) is 0 Å². The number of hydrogen-bond donors (Lipinski definition) is 0. The molecule has 2 aromatic rings. The quantitative estimate of drug-likeness (QED) is 0.454. The monoisotopic (exact) mass is 414 g/mol. The van der Waals surface area contributed by atoms with Gasteiger partial charge >= 0.3 is 0 Å². The Morgan fingerprint density at radius 1 is 1.20 bits per heavy atom. The Morgan fingerprint density at radius 3 is 2.80 bits per heavy atom. The van der Waals surface area contributed by atoms with Gasteiger partial charge in [-0.3, -0.25) is 0 Å². The SMILES string of the molecule is Brc1cccc2c(C(Br)CCC3CCCCC3)csc12. The van der Waals surface area contributed by atoms with E-state index in [0.717, 1.165) is 5.92 Å². The van der Waals surface area contributed by atoms with Gasteiger partial charge in [0.1, 0.15) is 0 Å². The lowest BCUT2D eigenvalue weighted by Crippen LogP contribution is -2.06. The van der Waals surface area contributed by atoms with Crippen molar-refractivity contribution in [3.05, 3.63) is 33.6 Å². The first-order chi connectivity index (χ1) is 9.75. The molecule has 20 heavy (non-hydrogen) atoms. The molecule has 1 aliphatic carbocycles. The van der Waals surface area contributed by atoms with Crippen molar-refractivity contribution in [2.45, 2.75) is 49.8 Å². The fourth-order valence-electron chi connectivity index (χ4n) is 3.30. The van der Waals surface area contributed by atoms with Gasteiger partial charge in [0.05, 0.1) is 0 Å². The van der Waals surface area contributed by atoms with Crippen LogP contribution in [0.5, 0.6) is 0 Å². The maximum atomic E-state index is 3.93. The summed E-state index contributed by atoms with van der Waals surface area (Å²) in [5.74, 6) is 0.973. The van der Waals surface area contributed by atoms with Gasteiger partial charge in [0.25, 0.3) is 0 Å². The van der Waals surface area contributed by atoms with Crippen LogP contribution in [0.1, 0.15) is 55.3 Å². The smallest absolute Gasteiger partial charge is 0.0488 e. The van der Waals surface area contributed by atoms with E-state index in [2.05, 4.69) is 55.4 Å². The van der Waals surface area contributed by atoms with Crippen LogP contribution in [0.2, 0.25) is 0 Å². The molecule has 0 bridgehead atoms. The number of benzene rings is 1. The highest BCUT2D eigenvalue weighted by Crippen LogP contribution is 2.41. The van der Waals surface area contributed by atoms with Gasteiger partial charge in [0.2, 0.25) is 0 Å². The standard InChI is InChI=1S/C17H20Br2S/c18-15(10-9-12-5-2-1-3-6-12)14-11-20-17-13(14)7-4-8-16(17)19/h4,7-8,11-12,15H,1-3,5-6,9-10H2. The van der Waals surface area contributed by atoms with Crippen molar-refractivity contribution >= 4 is 53.3 Å². The van der Waals surface area contributed by atoms with E-state index in [9.17, 15) is 0 Å². The first-order valence-corrected chi connectivity index (χ1v) is 10.1. The van der Waals surface area contributed by atoms with E-state index in [-0.39, 0.29) is 0 Å². The molecule has 1 aromatic carbocycles. The highest BCUT2D eigenvalue weighted by atomic mass is 79.9. The summed E-state index contributed by atoms with van der Waals surface area (Å²) in [6.45, 7) is 0. The van der Waals surface area contributed by atoms with Crippen LogP contribution in [0, 0.1) is 5.92 Å². The third kappa shape index (κ3) is 3.31. The molecule has 1 fully saturated rings. The Kier molecular flexibility index (Phi) is 5.22. The minimum Gasteiger partial charge on any atom is -0.142 e. The summed E-state index contributed by atoms with van der Waals surface area (Å²) in [5, 5.41) is 3.74. The Hall–Kier alpha value is 0.140. The van der Waals surface area contributed by atoms with Crippen LogP contribution in [-0.2, 0) is 0 Å². The fraction of sp³-hybridized carbons (Fsp3) is 0.529. The highest BCUT2D eigenvalue weighted by Gasteiger charge is 2.18. The van der Waals surface area contributed by atoms with Gasteiger partial charge in [-0.05, 0) is 57.1 Å². The third-order valence-corrected chi connectivity index (χ3v) is 7.39. The molecule has 3 heteroatoms. The number of halogens is 2. The summed E-state index contributed by atoms with van der Waals surface area (Å²) >= 11 is 9.44. The van der Waals surface area contributed by atoms with Crippen molar-refractivity contribution in [1.29, 1.82) is 0 Å². The highest BCUT2D eigenvalue weighted by molar-refractivity contribution is 9.10. The predicted octanol–water partition coefficient (Wildman–Crippen LogP) is 7.46. The number of fused-ring (bicyclic) bond motifs is 1. The number of alkyl halides is 1. The van der Waals surface area contributed by atoms with Gasteiger partial charge in [-0.15, -0.1) is 11.3 Å². The minimum atomic E-state index is 0.507. The molecule has 1 saturated carbocycles. The van der Waals surface area contributed by atoms with Crippen LogP contribution in [0.15, 0.2) is 28.1 Å². The average molecular weight is 416 g/mol. The lowest BCUT2D eigenvalue weighted by molar-refractivity contribution is 0.332. The number of rotatable bonds is 4. The van der Waals surface area contributed by atoms with E-state index in [1.807, 2.05) is 11.3 Å². The molecule has 1 heterocycles. The summed E-state index contributed by atoms with van der Waals surface area (Å²) in [6.07, 6.45) is 9.91. The van der Waals surface area contributed by atoms with Crippen LogP contribution >= 0.6 is 43.2 Å². The predicted molar refractivity (Wildman–Crippen MR) is 97.0 cm³/mol. The van der Waals surface area contributed by atoms with Crippen molar-refractivity contribution in [1.82, 2.24) is 0 Å². The zero-order valence-corrected chi connectivity index (χ0v) is 15.6. The van der Waals surface area contributed by atoms with Gasteiger partial charge in [-0.2, -0.15) is 0 Å². The van der Waals surface area contributed by atoms with Crippen LogP contribution < -0.4 is 0 Å². The number of hydrogen-bond acceptors (Lipinski definition) is 1. The van der Waals surface area contributed by atoms with Crippen molar-refractivity contribution in [2.24, 2.45) is 5.92 Å². The second kappa shape index (κ2) is 6.93. The molecular weight excluding hydrogens is 396 g/mol. The van der Waals surface area contributed by atoms with Crippen LogP contribution in [0.4, 0.5) is 0 Å². The Morgan fingerprint density at radius 2 is 2.00 bits per heavy atom. The molecule has 0 spiro atoms. The summed E-state index contributed by atoms with van der Waals surface area (Å²) < 4.78 is 2.60. The topological polar surface area (TPSA) is 0 Å². The van der Waals surface area contributed by atoms with Gasteiger partial charge in [0, 0.05) is 14.0 Å². The second-order valence-corrected chi connectivity index (χ2v) is 8.70. The van der Waals surface area contributed by atoms with Crippen molar-refractivity contribution in [3.8, 4) is 0 Å². The summed E-state index contributed by atoms with van der Waals surface area (Å²) in [4.78, 5) is 0.507. The Bertz CT molecular complexity index is 569. The molecule has 0 radical (unpaired) electrons. The Labute approximate surface area is 142 Å². The Balaban J connectivity index is 1.69. The normalized spacial score (nSPS) is 18.5. The minimum absolute atomic E-state index is 0.507. The van der Waals surface area contributed by atoms with Crippen LogP contribution in [0.25, 0.3) is 10.1 Å². The molecule has 1 unspecified atom stereocenters. The average Bonchev–Trinajstić information content (AvgIpc) is 2.91. The first kappa shape index (κ1) is 15.1. The van der Waals surface area contributed by atoms with Gasteiger partial charge < -0.3 is 0 Å². The molecule has 0 N–H and O–H groups in total. The molecule has 0 nitrogen and oxygen atoms in total. The molecule has 1 atom stereocenters. The maximum absolute atomic E-state index is 3.93. The zero-order chi connectivity index (χ0) is 13.9. The van der Waals surface area contributed by atoms with Gasteiger partial charge in [0.15, 0.2) is 0 Å². The van der Waals surface area contributed by atoms with Crippen LogP contribution in [-0.4, -0.2) is 0 Å². The lowest BCUT2D eigenvalue weighted by Gasteiger charge is -2.22. The zero-order valence-electron chi connectivity index (χ0n) is 11.6. The third-order valence-electron chi connectivity index (χ3n) is 4.47. The molecule has 0 saturated heterocycles. The largest absolute Gasteiger partial charge is 0.142 e. The second-order valence-electron chi connectivity index (χ2n) is 5.86. The molecule has 3 rings (SSSR count). The van der Waals surface area contributed by atoms with E-state index in [1.54, 1.807) is 0 Å². The van der Waals surface area contributed by atoms with Gasteiger partial charge in [-0.25, -0.2) is 0 Å². The molecule has 1 aliphatic rings. The van der Waals surface area contributed by atoms with E-state index in [4.69, 9.17) is 0 Å². The summed E-state index contributed by atoms with van der Waals surface area (Å²) in [5.41, 5.74) is 1.47. The van der Waals surface area contributed by atoms with E-state index >= 15 is 0 Å².